The van der Waals surface area contributed by atoms with Crippen molar-refractivity contribution in [1.82, 2.24) is 24.6 Å². The van der Waals surface area contributed by atoms with E-state index in [0.717, 1.165) is 0 Å². The van der Waals surface area contributed by atoms with Gasteiger partial charge in [-0.05, 0) is 37.7 Å². The number of rotatable bonds is 15. The Morgan fingerprint density at radius 3 is 2.46 bits per heavy atom. The summed E-state index contributed by atoms with van der Waals surface area (Å²) in [6, 6.07) is 11.2. The molecule has 0 radical (unpaired) electrons. The Morgan fingerprint density at radius 2 is 1.81 bits per heavy atom. The van der Waals surface area contributed by atoms with Gasteiger partial charge in [0.05, 0.1) is 12.2 Å². The van der Waals surface area contributed by atoms with Gasteiger partial charge < -0.3 is 29.2 Å². The summed E-state index contributed by atoms with van der Waals surface area (Å²) in [7, 11) is -4.77. The maximum atomic E-state index is 14.9. The summed E-state index contributed by atoms with van der Waals surface area (Å²) >= 11 is 0. The van der Waals surface area contributed by atoms with E-state index in [1.807, 2.05) is 6.07 Å². The van der Waals surface area contributed by atoms with Crippen LogP contribution in [0.5, 0.6) is 5.75 Å². The maximum absolute atomic E-state index is 14.9. The standard InChI is InChI=1S/C34H42F2N7O10P/c1-5-26(44)50-29-28(23-13-14-24-31(38)39-20-40-43(23)24)52-33(17-37,30(29)51-27(45)6-2)19-48-54(47,53-22-11-9-8-10-12-22)41-21(4)32(46)49-25-15-16-42(7-3)18-34(25,35)36/h8-14,20-21,25,28-30H,5-7,15-16,18-19H2,1-4H3,(H,41,47)(H2,38,39,40)/t21-,25?,28-,29-,30-,33+,54?/m0/s1. The molecule has 0 spiro atoms. The Balaban J connectivity index is 1.47. The van der Waals surface area contributed by atoms with Gasteiger partial charge in [-0.2, -0.15) is 15.4 Å². The Morgan fingerprint density at radius 1 is 1.11 bits per heavy atom. The summed E-state index contributed by atoms with van der Waals surface area (Å²) in [6.45, 7) is 5.10. The summed E-state index contributed by atoms with van der Waals surface area (Å²) in [6.07, 6.45) is -5.43. The van der Waals surface area contributed by atoms with E-state index in [-0.39, 0.29) is 43.1 Å². The van der Waals surface area contributed by atoms with E-state index < -0.39 is 80.8 Å². The van der Waals surface area contributed by atoms with E-state index in [9.17, 15) is 33.0 Å². The van der Waals surface area contributed by atoms with Crippen LogP contribution in [0.15, 0.2) is 48.8 Å². The second kappa shape index (κ2) is 16.7. The van der Waals surface area contributed by atoms with Crippen molar-refractivity contribution >= 4 is 37.0 Å². The highest BCUT2D eigenvalue weighted by atomic mass is 31.2. The number of carbonyl (C=O) groups is 3. The molecule has 0 bridgehead atoms. The number of hydrogen-bond donors (Lipinski definition) is 2. The van der Waals surface area contributed by atoms with Gasteiger partial charge >= 0.3 is 25.7 Å². The first-order valence-electron chi connectivity index (χ1n) is 17.3. The van der Waals surface area contributed by atoms with Crippen molar-refractivity contribution in [2.45, 2.75) is 88.9 Å². The molecule has 3 aromatic rings. The number of esters is 3. The summed E-state index contributed by atoms with van der Waals surface area (Å²) in [5, 5.41) is 17.4. The number of halogens is 2. The number of ether oxygens (including phenoxy) is 4. The van der Waals surface area contributed by atoms with Crippen molar-refractivity contribution in [3.8, 4) is 11.8 Å². The molecule has 2 saturated heterocycles. The number of aromatic nitrogens is 3. The van der Waals surface area contributed by atoms with Crippen LogP contribution in [0.2, 0.25) is 0 Å². The molecule has 2 fully saturated rings. The van der Waals surface area contributed by atoms with Crippen LogP contribution in [0.3, 0.4) is 0 Å². The van der Waals surface area contributed by atoms with Crippen LogP contribution in [0.1, 0.15) is 58.8 Å². The lowest BCUT2D eigenvalue weighted by molar-refractivity contribution is -0.189. The van der Waals surface area contributed by atoms with E-state index >= 15 is 0 Å². The van der Waals surface area contributed by atoms with Crippen molar-refractivity contribution < 1.29 is 55.7 Å². The Labute approximate surface area is 309 Å². The van der Waals surface area contributed by atoms with Crippen molar-refractivity contribution in [2.24, 2.45) is 0 Å². The number of benzene rings is 1. The van der Waals surface area contributed by atoms with Crippen LogP contribution in [-0.2, 0) is 42.4 Å². The van der Waals surface area contributed by atoms with Gasteiger partial charge in [-0.1, -0.05) is 39.0 Å². The number of likely N-dealkylation sites (tertiary alicyclic amines) is 1. The minimum absolute atomic E-state index is 0.00392. The number of nitrogen functional groups attached to an aromatic ring is 1. The topological polar surface area (TPSA) is 219 Å². The molecular weight excluding hydrogens is 735 g/mol. The molecule has 2 unspecified atom stereocenters. The molecule has 54 heavy (non-hydrogen) atoms. The predicted molar refractivity (Wildman–Crippen MR) is 185 cm³/mol. The number of hydrogen-bond acceptors (Lipinski definition) is 15. The van der Waals surface area contributed by atoms with Gasteiger partial charge in [-0.25, -0.2) is 22.8 Å². The van der Waals surface area contributed by atoms with Crippen molar-refractivity contribution in [3.05, 3.63) is 54.5 Å². The maximum Gasteiger partial charge on any atom is 0.459 e. The smallest absolute Gasteiger partial charge is 0.455 e. The van der Waals surface area contributed by atoms with E-state index in [0.29, 0.717) is 12.1 Å². The molecule has 17 nitrogen and oxygen atoms in total. The Kier molecular flexibility index (Phi) is 12.5. The summed E-state index contributed by atoms with van der Waals surface area (Å²) in [4.78, 5) is 44.3. The third-order valence-electron chi connectivity index (χ3n) is 8.93. The molecule has 7 atom stereocenters. The lowest BCUT2D eigenvalue weighted by atomic mass is 9.95. The monoisotopic (exact) mass is 777 g/mol. The van der Waals surface area contributed by atoms with Crippen LogP contribution >= 0.6 is 7.75 Å². The molecule has 2 aliphatic rings. The number of nitrogens with two attached hydrogens (primary N) is 1. The van der Waals surface area contributed by atoms with E-state index in [2.05, 4.69) is 15.2 Å². The minimum atomic E-state index is -4.77. The second-order valence-corrected chi connectivity index (χ2v) is 14.4. The van der Waals surface area contributed by atoms with Crippen molar-refractivity contribution in [3.63, 3.8) is 0 Å². The zero-order valence-electron chi connectivity index (χ0n) is 30.1. The zero-order chi connectivity index (χ0) is 39.3. The van der Waals surface area contributed by atoms with Crippen LogP contribution in [0.4, 0.5) is 14.6 Å². The van der Waals surface area contributed by atoms with Gasteiger partial charge in [0.25, 0.3) is 5.92 Å². The van der Waals surface area contributed by atoms with Gasteiger partial charge in [0.2, 0.25) is 5.60 Å². The van der Waals surface area contributed by atoms with Gasteiger partial charge in [0.15, 0.2) is 24.1 Å². The van der Waals surface area contributed by atoms with Crippen molar-refractivity contribution in [1.29, 1.82) is 5.26 Å². The fourth-order valence-electron chi connectivity index (χ4n) is 6.01. The lowest BCUT2D eigenvalue weighted by Gasteiger charge is -2.37. The molecule has 1 aromatic carbocycles. The fourth-order valence-corrected chi connectivity index (χ4v) is 7.54. The summed E-state index contributed by atoms with van der Waals surface area (Å²) < 4.78 is 80.1. The first-order chi connectivity index (χ1) is 25.7. The Hall–Kier alpha value is -4.73. The SMILES string of the molecule is CCC(=O)O[C@H]1[C@H](c2ccc3c(N)ncnn23)O[C@](C#N)(COP(=O)(N[C@@H](C)C(=O)OC2CCN(CC)CC2(F)F)Oc2ccccc2)[C@H]1OC(=O)CC. The summed E-state index contributed by atoms with van der Waals surface area (Å²) in [5.74, 6) is -5.93. The number of carbonyl (C=O) groups excluding carboxylic acids is 3. The second-order valence-electron chi connectivity index (χ2n) is 12.7. The number of piperidine rings is 1. The zero-order valence-corrected chi connectivity index (χ0v) is 30.9. The van der Waals surface area contributed by atoms with Gasteiger partial charge in [0, 0.05) is 25.8 Å². The van der Waals surface area contributed by atoms with Crippen LogP contribution in [0, 0.1) is 11.3 Å². The number of anilines is 1. The molecule has 0 aliphatic carbocycles. The lowest BCUT2D eigenvalue weighted by Crippen LogP contribution is -2.54. The fraction of sp³-hybridized carbons (Fsp3) is 0.529. The third-order valence-corrected chi connectivity index (χ3v) is 10.6. The van der Waals surface area contributed by atoms with Crippen LogP contribution < -0.4 is 15.3 Å². The molecule has 4 heterocycles. The Bertz CT molecular complexity index is 1910. The molecule has 0 saturated carbocycles. The molecular formula is C34H42F2N7O10P. The molecule has 3 N–H and O–H groups in total. The summed E-state index contributed by atoms with van der Waals surface area (Å²) in [5.41, 5.74) is 4.26. The molecule has 5 rings (SSSR count). The van der Waals surface area contributed by atoms with Crippen LogP contribution in [-0.4, -0.2) is 99.5 Å². The highest BCUT2D eigenvalue weighted by molar-refractivity contribution is 7.52. The number of nitrogens with zero attached hydrogens (tertiary/aromatic N) is 5. The predicted octanol–water partition coefficient (Wildman–Crippen LogP) is 3.74. The van der Waals surface area contributed by atoms with Crippen LogP contribution in [0.25, 0.3) is 5.52 Å². The third kappa shape index (κ3) is 8.79. The minimum Gasteiger partial charge on any atom is -0.455 e. The molecule has 2 aromatic heterocycles. The first kappa shape index (κ1) is 40.5. The van der Waals surface area contributed by atoms with Gasteiger partial charge in [-0.15, -0.1) is 0 Å². The number of nitrogens with one attached hydrogen (secondary N) is 1. The first-order valence-corrected chi connectivity index (χ1v) is 18.9. The van der Waals surface area contributed by atoms with Gasteiger partial charge in [0.1, 0.15) is 42.4 Å². The number of para-hydroxylation sites is 1. The highest BCUT2D eigenvalue weighted by Gasteiger charge is 2.62. The molecule has 0 amide bonds. The van der Waals surface area contributed by atoms with Crippen molar-refractivity contribution in [2.75, 3.05) is 32.0 Å². The average Bonchev–Trinajstić information content (AvgIpc) is 3.71. The van der Waals surface area contributed by atoms with E-state index in [1.54, 1.807) is 37.3 Å². The highest BCUT2D eigenvalue weighted by Crippen LogP contribution is 2.50. The average molecular weight is 778 g/mol. The molecule has 20 heteroatoms. The number of nitriles is 1. The normalized spacial score (nSPS) is 25.6. The van der Waals surface area contributed by atoms with Gasteiger partial charge in [-0.3, -0.25) is 23.8 Å². The van der Waals surface area contributed by atoms with E-state index in [4.69, 9.17) is 33.7 Å². The number of alkyl halides is 2. The molecule has 292 valence electrons. The largest absolute Gasteiger partial charge is 0.459 e. The quantitative estimate of drug-likeness (QED) is 0.128. The number of fused-ring (bicyclic) bond motifs is 1. The van der Waals surface area contributed by atoms with E-state index in [1.165, 1.54) is 48.6 Å². The molecule has 2 aliphatic heterocycles.